The van der Waals surface area contributed by atoms with Gasteiger partial charge in [-0.05, 0) is 18.2 Å². The first-order valence-corrected chi connectivity index (χ1v) is 6.90. The van der Waals surface area contributed by atoms with Crippen LogP contribution in [0.25, 0.3) is 5.03 Å². The van der Waals surface area contributed by atoms with Gasteiger partial charge in [-0.2, -0.15) is 0 Å². The van der Waals surface area contributed by atoms with Gasteiger partial charge in [0, 0.05) is 11.1 Å². The summed E-state index contributed by atoms with van der Waals surface area (Å²) in [4.78, 5) is 17.4. The molecule has 2 aliphatic rings. The Bertz CT molecular complexity index is 865. The second-order valence-corrected chi connectivity index (χ2v) is 5.29. The first-order chi connectivity index (χ1) is 10.2. The maximum Gasteiger partial charge on any atom is 0.199 e. The van der Waals surface area contributed by atoms with Gasteiger partial charge in [0.05, 0.1) is 34.7 Å². The second-order valence-electron chi connectivity index (χ2n) is 4.91. The van der Waals surface area contributed by atoms with E-state index in [1.165, 1.54) is 0 Å². The van der Waals surface area contributed by atoms with Gasteiger partial charge in [-0.25, -0.2) is 4.99 Å². The normalized spacial score (nSPS) is 15.3. The summed E-state index contributed by atoms with van der Waals surface area (Å²) in [7, 11) is 1.57. The number of carbonyl (C=O) groups is 1. The number of aliphatic imine (C=N–C) groups is 1. The molecule has 4 heteroatoms. The molecule has 0 amide bonds. The van der Waals surface area contributed by atoms with Gasteiger partial charge in [0.25, 0.3) is 0 Å². The Hall–Kier alpha value is -2.39. The number of carbonyl (C=O) groups excluding carboxylic acids is 1. The number of Topliss-reactive ketones (excluding diaryl/α,β-unsaturated/α-hetero) is 1. The molecule has 0 unspecified atom stereocenters. The highest BCUT2D eigenvalue weighted by atomic mass is 35.5. The van der Waals surface area contributed by atoms with E-state index in [-0.39, 0.29) is 5.78 Å². The molecule has 0 bridgehead atoms. The molecular formula is C17H10ClNO2. The molecule has 0 fully saturated rings. The number of allylic oxidation sites excluding steroid dienone is 1. The third-order valence-electron chi connectivity index (χ3n) is 3.78. The van der Waals surface area contributed by atoms with Crippen LogP contribution in [0.5, 0.6) is 5.75 Å². The van der Waals surface area contributed by atoms with Gasteiger partial charge < -0.3 is 4.74 Å². The van der Waals surface area contributed by atoms with Crippen LogP contribution >= 0.6 is 11.6 Å². The Morgan fingerprint density at radius 2 is 1.81 bits per heavy atom. The zero-order chi connectivity index (χ0) is 14.6. The van der Waals surface area contributed by atoms with Crippen molar-refractivity contribution in [3.05, 3.63) is 64.7 Å². The van der Waals surface area contributed by atoms with Crippen molar-refractivity contribution in [2.24, 2.45) is 4.99 Å². The summed E-state index contributed by atoms with van der Waals surface area (Å²) in [5.41, 5.74) is 4.10. The van der Waals surface area contributed by atoms with Crippen LogP contribution in [0.3, 0.4) is 0 Å². The fourth-order valence-corrected chi connectivity index (χ4v) is 3.09. The van der Waals surface area contributed by atoms with Crippen molar-refractivity contribution in [3.8, 4) is 5.75 Å². The van der Waals surface area contributed by atoms with Gasteiger partial charge in [0.15, 0.2) is 5.78 Å². The molecule has 21 heavy (non-hydrogen) atoms. The topological polar surface area (TPSA) is 38.7 Å². The molecule has 0 atom stereocenters. The molecule has 0 N–H and O–H groups in total. The van der Waals surface area contributed by atoms with E-state index >= 15 is 0 Å². The Kier molecular flexibility index (Phi) is 2.53. The highest BCUT2D eigenvalue weighted by molar-refractivity contribution is 6.60. The van der Waals surface area contributed by atoms with Gasteiger partial charge in [0.2, 0.25) is 0 Å². The second kappa shape index (κ2) is 4.30. The minimum atomic E-state index is -0.102. The molecule has 0 saturated carbocycles. The van der Waals surface area contributed by atoms with Crippen molar-refractivity contribution in [2.45, 2.75) is 0 Å². The van der Waals surface area contributed by atoms with Crippen molar-refractivity contribution in [3.63, 3.8) is 0 Å². The number of ether oxygens (including phenoxy) is 1. The third kappa shape index (κ3) is 1.61. The monoisotopic (exact) mass is 295 g/mol. The molecule has 2 aromatic carbocycles. The third-order valence-corrected chi connectivity index (χ3v) is 4.18. The zero-order valence-corrected chi connectivity index (χ0v) is 11.9. The summed E-state index contributed by atoms with van der Waals surface area (Å²) < 4.78 is 5.18. The maximum absolute atomic E-state index is 12.8. The number of fused-ring (bicyclic) bond motifs is 4. The summed E-state index contributed by atoms with van der Waals surface area (Å²) in [5, 5.41) is 0.475. The number of hydrogen-bond donors (Lipinski definition) is 0. The predicted octanol–water partition coefficient (Wildman–Crippen LogP) is 3.98. The number of hydrogen-bond acceptors (Lipinski definition) is 3. The lowest BCUT2D eigenvalue weighted by atomic mass is 9.95. The van der Waals surface area contributed by atoms with Gasteiger partial charge in [-0.1, -0.05) is 35.9 Å². The van der Waals surface area contributed by atoms with E-state index in [1.54, 1.807) is 25.3 Å². The summed E-state index contributed by atoms with van der Waals surface area (Å²) >= 11 is 6.40. The van der Waals surface area contributed by atoms with Crippen molar-refractivity contribution in [1.29, 1.82) is 0 Å². The van der Waals surface area contributed by atoms with Crippen LogP contribution < -0.4 is 4.74 Å². The minimum absolute atomic E-state index is 0.102. The molecule has 0 aromatic heterocycles. The molecule has 0 saturated heterocycles. The molecule has 1 heterocycles. The molecule has 102 valence electrons. The SMILES string of the molecule is COc1ccc2c(c1)C(=O)C1=C(Cl)c3ccccc3C1=N2. The lowest BCUT2D eigenvalue weighted by molar-refractivity contribution is 0.104. The van der Waals surface area contributed by atoms with Crippen LogP contribution in [0, 0.1) is 0 Å². The van der Waals surface area contributed by atoms with Gasteiger partial charge in [-0.3, -0.25) is 4.79 Å². The number of halogens is 1. The molecule has 1 aliphatic carbocycles. The van der Waals surface area contributed by atoms with E-state index in [0.29, 0.717) is 33.3 Å². The number of rotatable bonds is 1. The van der Waals surface area contributed by atoms with E-state index < -0.39 is 0 Å². The summed E-state index contributed by atoms with van der Waals surface area (Å²) in [6.45, 7) is 0. The zero-order valence-electron chi connectivity index (χ0n) is 11.2. The van der Waals surface area contributed by atoms with Crippen molar-refractivity contribution in [1.82, 2.24) is 0 Å². The number of methoxy groups -OCH3 is 1. The summed E-state index contributed by atoms with van der Waals surface area (Å²) in [6.07, 6.45) is 0. The Morgan fingerprint density at radius 1 is 1.05 bits per heavy atom. The van der Waals surface area contributed by atoms with Crippen LogP contribution in [0.15, 0.2) is 53.0 Å². The van der Waals surface area contributed by atoms with Crippen LogP contribution in [0.4, 0.5) is 5.69 Å². The molecule has 1 aliphatic heterocycles. The van der Waals surface area contributed by atoms with E-state index in [2.05, 4.69) is 4.99 Å². The van der Waals surface area contributed by atoms with Gasteiger partial charge in [-0.15, -0.1) is 0 Å². The van der Waals surface area contributed by atoms with Crippen molar-refractivity contribution < 1.29 is 9.53 Å². The molecule has 0 radical (unpaired) electrons. The van der Waals surface area contributed by atoms with E-state index in [1.807, 2.05) is 24.3 Å². The van der Waals surface area contributed by atoms with E-state index in [9.17, 15) is 4.79 Å². The Morgan fingerprint density at radius 3 is 2.57 bits per heavy atom. The summed E-state index contributed by atoms with van der Waals surface area (Å²) in [5.74, 6) is 0.531. The molecule has 2 aromatic rings. The minimum Gasteiger partial charge on any atom is -0.497 e. The fourth-order valence-electron chi connectivity index (χ4n) is 2.75. The van der Waals surface area contributed by atoms with Crippen LogP contribution in [-0.2, 0) is 0 Å². The number of nitrogens with zero attached hydrogens (tertiary/aromatic N) is 1. The first-order valence-electron chi connectivity index (χ1n) is 6.52. The van der Waals surface area contributed by atoms with Crippen molar-refractivity contribution in [2.75, 3.05) is 7.11 Å². The molecular weight excluding hydrogens is 286 g/mol. The quantitative estimate of drug-likeness (QED) is 0.798. The Labute approximate surface area is 126 Å². The maximum atomic E-state index is 12.8. The predicted molar refractivity (Wildman–Crippen MR) is 82.7 cm³/mol. The molecule has 0 spiro atoms. The van der Waals surface area contributed by atoms with Crippen LogP contribution in [0.1, 0.15) is 21.5 Å². The average Bonchev–Trinajstić information content (AvgIpc) is 2.81. The summed E-state index contributed by atoms with van der Waals surface area (Å²) in [6, 6.07) is 13.0. The lowest BCUT2D eigenvalue weighted by Gasteiger charge is -2.15. The standard InChI is InChI=1S/C17H10ClNO2/c1-21-9-6-7-13-12(8-9)17(20)14-15(18)10-4-2-3-5-11(10)16(14)19-13/h2-8H,1H3. The Balaban J connectivity index is 2.01. The number of ketones is 1. The van der Waals surface area contributed by atoms with Gasteiger partial charge >= 0.3 is 0 Å². The van der Waals surface area contributed by atoms with Crippen molar-refractivity contribution >= 4 is 33.8 Å². The largest absolute Gasteiger partial charge is 0.497 e. The molecule has 3 nitrogen and oxygen atoms in total. The van der Waals surface area contributed by atoms with E-state index in [0.717, 1.165) is 11.1 Å². The van der Waals surface area contributed by atoms with Crippen LogP contribution in [-0.4, -0.2) is 18.6 Å². The lowest BCUT2D eigenvalue weighted by Crippen LogP contribution is -2.16. The highest BCUT2D eigenvalue weighted by Gasteiger charge is 2.35. The fraction of sp³-hybridized carbons (Fsp3) is 0.0588. The highest BCUT2D eigenvalue weighted by Crippen LogP contribution is 2.43. The van der Waals surface area contributed by atoms with Gasteiger partial charge in [0.1, 0.15) is 5.75 Å². The first kappa shape index (κ1) is 12.4. The smallest absolute Gasteiger partial charge is 0.199 e. The van der Waals surface area contributed by atoms with E-state index in [4.69, 9.17) is 16.3 Å². The number of benzene rings is 2. The molecule has 4 rings (SSSR count). The van der Waals surface area contributed by atoms with Crippen LogP contribution in [0.2, 0.25) is 0 Å². The average molecular weight is 296 g/mol.